The van der Waals surface area contributed by atoms with Gasteiger partial charge in [0.2, 0.25) is 0 Å². The standard InChI is InChI=1S/C20H17N3O3S/c1-23-18(17(22-20(23)27)14-4-2-3-11-21-14)16-10-9-15(26-16)12-5-7-13(8-6-12)19(24)25/h2-11,17-18H,1H3,(H,22,27)(H,24,25)/t17-,18+/m1/s1. The Morgan fingerprint density at radius 2 is 1.96 bits per heavy atom. The summed E-state index contributed by atoms with van der Waals surface area (Å²) < 4.78 is 6.11. The van der Waals surface area contributed by atoms with E-state index in [-0.39, 0.29) is 17.6 Å². The summed E-state index contributed by atoms with van der Waals surface area (Å²) in [5.41, 5.74) is 1.95. The molecule has 3 heterocycles. The first kappa shape index (κ1) is 17.2. The number of nitrogens with one attached hydrogen (secondary N) is 1. The van der Waals surface area contributed by atoms with Crippen LogP contribution in [0.25, 0.3) is 11.3 Å². The summed E-state index contributed by atoms with van der Waals surface area (Å²) in [5, 5.41) is 13.0. The van der Waals surface area contributed by atoms with Crippen molar-refractivity contribution in [2.45, 2.75) is 12.1 Å². The molecular formula is C20H17N3O3S. The Morgan fingerprint density at radius 1 is 1.19 bits per heavy atom. The molecule has 7 heteroatoms. The number of benzene rings is 1. The van der Waals surface area contributed by atoms with Gasteiger partial charge in [-0.15, -0.1) is 0 Å². The topological polar surface area (TPSA) is 78.6 Å². The van der Waals surface area contributed by atoms with Crippen molar-refractivity contribution in [3.63, 3.8) is 0 Å². The molecule has 2 N–H and O–H groups in total. The van der Waals surface area contributed by atoms with E-state index in [9.17, 15) is 4.79 Å². The van der Waals surface area contributed by atoms with Gasteiger partial charge < -0.3 is 19.7 Å². The maximum absolute atomic E-state index is 11.0. The fourth-order valence-electron chi connectivity index (χ4n) is 3.26. The van der Waals surface area contributed by atoms with Crippen LogP contribution in [0.3, 0.4) is 0 Å². The number of likely N-dealkylation sites (N-methyl/N-ethyl adjacent to an activating group) is 1. The molecule has 6 nitrogen and oxygen atoms in total. The molecule has 136 valence electrons. The van der Waals surface area contributed by atoms with Gasteiger partial charge in [0.05, 0.1) is 17.3 Å². The average molecular weight is 379 g/mol. The monoisotopic (exact) mass is 379 g/mol. The maximum Gasteiger partial charge on any atom is 0.335 e. The maximum atomic E-state index is 11.0. The number of nitrogens with zero attached hydrogens (tertiary/aromatic N) is 2. The Hall–Kier alpha value is -3.19. The zero-order valence-electron chi connectivity index (χ0n) is 14.5. The molecule has 0 bridgehead atoms. The Kier molecular flexibility index (Phi) is 4.37. The van der Waals surface area contributed by atoms with Crippen LogP contribution in [0.1, 0.15) is 33.9 Å². The highest BCUT2D eigenvalue weighted by atomic mass is 32.1. The van der Waals surface area contributed by atoms with Crippen LogP contribution in [0.15, 0.2) is 65.2 Å². The number of furan rings is 1. The summed E-state index contributed by atoms with van der Waals surface area (Å²) >= 11 is 5.42. The van der Waals surface area contributed by atoms with E-state index in [0.29, 0.717) is 10.9 Å². The quantitative estimate of drug-likeness (QED) is 0.670. The number of carboxylic acid groups (broad SMARTS) is 1. The Morgan fingerprint density at radius 3 is 2.63 bits per heavy atom. The van der Waals surface area contributed by atoms with Gasteiger partial charge >= 0.3 is 5.97 Å². The van der Waals surface area contributed by atoms with E-state index in [0.717, 1.165) is 17.0 Å². The predicted molar refractivity (Wildman–Crippen MR) is 104 cm³/mol. The third kappa shape index (κ3) is 3.17. The van der Waals surface area contributed by atoms with Crippen molar-refractivity contribution < 1.29 is 14.3 Å². The van der Waals surface area contributed by atoms with Gasteiger partial charge in [0.25, 0.3) is 0 Å². The molecule has 0 radical (unpaired) electrons. The number of aromatic nitrogens is 1. The molecule has 0 spiro atoms. The fraction of sp³-hybridized carbons (Fsp3) is 0.150. The number of carboxylic acids is 1. The molecule has 1 saturated heterocycles. The highest BCUT2D eigenvalue weighted by Crippen LogP contribution is 2.39. The molecule has 3 aromatic rings. The number of hydrogen-bond donors (Lipinski definition) is 2. The van der Waals surface area contributed by atoms with Gasteiger partial charge in [0, 0.05) is 18.8 Å². The molecule has 0 saturated carbocycles. The van der Waals surface area contributed by atoms with E-state index in [2.05, 4.69) is 10.3 Å². The van der Waals surface area contributed by atoms with Crippen LogP contribution in [0.5, 0.6) is 0 Å². The van der Waals surface area contributed by atoms with Crippen molar-refractivity contribution in [2.24, 2.45) is 0 Å². The second-order valence-electron chi connectivity index (χ2n) is 6.32. The zero-order valence-corrected chi connectivity index (χ0v) is 15.3. The third-order valence-corrected chi connectivity index (χ3v) is 5.08. The van der Waals surface area contributed by atoms with Gasteiger partial charge in [0.15, 0.2) is 5.11 Å². The van der Waals surface area contributed by atoms with Gasteiger partial charge in [-0.05, 0) is 48.6 Å². The lowest BCUT2D eigenvalue weighted by Gasteiger charge is -2.21. The summed E-state index contributed by atoms with van der Waals surface area (Å²) in [7, 11) is 1.92. The van der Waals surface area contributed by atoms with Crippen molar-refractivity contribution in [3.05, 3.63) is 77.8 Å². The minimum Gasteiger partial charge on any atom is -0.478 e. The molecule has 2 aromatic heterocycles. The molecule has 1 aliphatic heterocycles. The number of thiocarbonyl (C=S) groups is 1. The van der Waals surface area contributed by atoms with Crippen LogP contribution in [-0.4, -0.2) is 33.1 Å². The number of rotatable bonds is 4. The van der Waals surface area contributed by atoms with Crippen LogP contribution >= 0.6 is 12.2 Å². The summed E-state index contributed by atoms with van der Waals surface area (Å²) in [6.07, 6.45) is 1.76. The first-order chi connectivity index (χ1) is 13.0. The third-order valence-electron chi connectivity index (χ3n) is 4.67. The van der Waals surface area contributed by atoms with Gasteiger partial charge in [0.1, 0.15) is 17.6 Å². The molecule has 0 amide bonds. The fourth-order valence-corrected chi connectivity index (χ4v) is 3.50. The number of hydrogen-bond acceptors (Lipinski definition) is 4. The number of carbonyl (C=O) groups is 1. The lowest BCUT2D eigenvalue weighted by Crippen LogP contribution is -2.24. The van der Waals surface area contributed by atoms with E-state index in [1.807, 2.05) is 42.3 Å². The lowest BCUT2D eigenvalue weighted by molar-refractivity contribution is 0.0697. The largest absolute Gasteiger partial charge is 0.478 e. The summed E-state index contributed by atoms with van der Waals surface area (Å²) in [6.45, 7) is 0. The van der Waals surface area contributed by atoms with Crippen LogP contribution in [0.2, 0.25) is 0 Å². The molecule has 1 fully saturated rings. The van der Waals surface area contributed by atoms with Gasteiger partial charge in [-0.3, -0.25) is 4.98 Å². The Labute approximate surface area is 161 Å². The van der Waals surface area contributed by atoms with Gasteiger partial charge in [-0.1, -0.05) is 18.2 Å². The van der Waals surface area contributed by atoms with Crippen LogP contribution in [0, 0.1) is 0 Å². The summed E-state index contributed by atoms with van der Waals surface area (Å²) in [4.78, 5) is 17.4. The minimum absolute atomic E-state index is 0.114. The lowest BCUT2D eigenvalue weighted by atomic mass is 10.0. The molecule has 1 aromatic carbocycles. The molecule has 27 heavy (non-hydrogen) atoms. The van der Waals surface area contributed by atoms with Crippen molar-refractivity contribution >= 4 is 23.3 Å². The van der Waals surface area contributed by atoms with Crippen LogP contribution in [0.4, 0.5) is 0 Å². The second kappa shape index (κ2) is 6.85. The molecular weight excluding hydrogens is 362 g/mol. The van der Waals surface area contributed by atoms with Crippen LogP contribution in [-0.2, 0) is 0 Å². The van der Waals surface area contributed by atoms with Crippen molar-refractivity contribution in [3.8, 4) is 11.3 Å². The normalized spacial score (nSPS) is 19.1. The molecule has 4 rings (SSSR count). The zero-order chi connectivity index (χ0) is 19.0. The highest BCUT2D eigenvalue weighted by molar-refractivity contribution is 7.80. The molecule has 1 aliphatic rings. The Bertz CT molecular complexity index is 985. The van der Waals surface area contributed by atoms with Crippen molar-refractivity contribution in [1.29, 1.82) is 0 Å². The predicted octanol–water partition coefficient (Wildman–Crippen LogP) is 3.64. The first-order valence-electron chi connectivity index (χ1n) is 8.42. The van der Waals surface area contributed by atoms with E-state index < -0.39 is 5.97 Å². The van der Waals surface area contributed by atoms with E-state index in [4.69, 9.17) is 21.7 Å². The molecule has 0 aliphatic carbocycles. The van der Waals surface area contributed by atoms with Crippen molar-refractivity contribution in [1.82, 2.24) is 15.2 Å². The Balaban J connectivity index is 1.66. The van der Waals surface area contributed by atoms with Crippen LogP contribution < -0.4 is 5.32 Å². The number of pyridine rings is 1. The minimum atomic E-state index is -0.952. The average Bonchev–Trinajstić information content (AvgIpc) is 3.28. The molecule has 0 unspecified atom stereocenters. The summed E-state index contributed by atoms with van der Waals surface area (Å²) in [5.74, 6) is 0.484. The smallest absolute Gasteiger partial charge is 0.335 e. The molecule has 2 atom stereocenters. The van der Waals surface area contributed by atoms with E-state index >= 15 is 0 Å². The van der Waals surface area contributed by atoms with Gasteiger partial charge in [-0.2, -0.15) is 0 Å². The van der Waals surface area contributed by atoms with E-state index in [1.165, 1.54) is 0 Å². The highest BCUT2D eigenvalue weighted by Gasteiger charge is 2.39. The van der Waals surface area contributed by atoms with E-state index in [1.54, 1.807) is 30.5 Å². The number of aromatic carboxylic acids is 1. The van der Waals surface area contributed by atoms with Crippen molar-refractivity contribution in [2.75, 3.05) is 7.05 Å². The summed E-state index contributed by atoms with van der Waals surface area (Å²) in [6, 6.07) is 16.0. The first-order valence-corrected chi connectivity index (χ1v) is 8.83. The van der Waals surface area contributed by atoms with Gasteiger partial charge in [-0.25, -0.2) is 4.79 Å². The second-order valence-corrected chi connectivity index (χ2v) is 6.71. The SMILES string of the molecule is CN1C(=S)N[C@H](c2ccccn2)[C@@H]1c1ccc(-c2ccc(C(=O)O)cc2)o1.